The van der Waals surface area contributed by atoms with Gasteiger partial charge in [-0.25, -0.2) is 12.7 Å². The minimum absolute atomic E-state index is 0.135. The van der Waals surface area contributed by atoms with Crippen molar-refractivity contribution in [2.45, 2.75) is 9.79 Å². The Morgan fingerprint density at radius 1 is 1.17 bits per heavy atom. The first-order valence-electron chi connectivity index (χ1n) is 7.00. The molecule has 0 aromatic heterocycles. The largest absolute Gasteiger partial charge is 0.325 e. The van der Waals surface area contributed by atoms with Gasteiger partial charge in [0.15, 0.2) is 0 Å². The lowest BCUT2D eigenvalue weighted by Gasteiger charge is -2.12. The van der Waals surface area contributed by atoms with Crippen LogP contribution in [0.3, 0.4) is 0 Å². The molecular weight excluding hydrogens is 368 g/mol. The van der Waals surface area contributed by atoms with Gasteiger partial charge in [-0.3, -0.25) is 4.79 Å². The molecule has 2 rings (SSSR count). The molecule has 0 aliphatic rings. The number of hydrogen-bond acceptors (Lipinski definition) is 4. The van der Waals surface area contributed by atoms with Gasteiger partial charge < -0.3 is 5.32 Å². The summed E-state index contributed by atoms with van der Waals surface area (Å²) >= 11 is 7.19. The summed E-state index contributed by atoms with van der Waals surface area (Å²) in [6.07, 6.45) is 0. The summed E-state index contributed by atoms with van der Waals surface area (Å²) in [5.41, 5.74) is 0.444. The van der Waals surface area contributed by atoms with E-state index in [1.807, 2.05) is 12.1 Å². The van der Waals surface area contributed by atoms with Crippen LogP contribution in [0, 0.1) is 0 Å². The highest BCUT2D eigenvalue weighted by Gasteiger charge is 2.17. The van der Waals surface area contributed by atoms with Crippen molar-refractivity contribution in [1.29, 1.82) is 0 Å². The van der Waals surface area contributed by atoms with E-state index in [4.69, 9.17) is 11.6 Å². The second kappa shape index (κ2) is 8.02. The average molecular weight is 385 g/mol. The molecule has 0 radical (unpaired) electrons. The number of halogens is 1. The van der Waals surface area contributed by atoms with Gasteiger partial charge in [-0.05, 0) is 42.5 Å². The summed E-state index contributed by atoms with van der Waals surface area (Å²) < 4.78 is 25.3. The Balaban J connectivity index is 2.00. The van der Waals surface area contributed by atoms with Gasteiger partial charge in [0.2, 0.25) is 15.9 Å². The molecule has 0 fully saturated rings. The minimum atomic E-state index is -3.53. The minimum Gasteiger partial charge on any atom is -0.325 e. The molecule has 24 heavy (non-hydrogen) atoms. The second-order valence-electron chi connectivity index (χ2n) is 5.11. The zero-order valence-corrected chi connectivity index (χ0v) is 15.6. The Morgan fingerprint density at radius 3 is 2.46 bits per heavy atom. The van der Waals surface area contributed by atoms with Crippen LogP contribution in [0.2, 0.25) is 5.02 Å². The number of thioether (sulfide) groups is 1. The van der Waals surface area contributed by atoms with Gasteiger partial charge in [0, 0.05) is 29.7 Å². The zero-order valence-electron chi connectivity index (χ0n) is 13.2. The van der Waals surface area contributed by atoms with Gasteiger partial charge in [0.1, 0.15) is 0 Å². The fourth-order valence-electron chi connectivity index (χ4n) is 1.82. The third-order valence-corrected chi connectivity index (χ3v) is 6.16. The molecule has 0 saturated heterocycles. The Hall–Kier alpha value is -1.54. The molecule has 0 spiro atoms. The van der Waals surface area contributed by atoms with Crippen molar-refractivity contribution in [3.8, 4) is 0 Å². The summed E-state index contributed by atoms with van der Waals surface area (Å²) in [5, 5.41) is 3.35. The van der Waals surface area contributed by atoms with Gasteiger partial charge in [0.05, 0.1) is 10.6 Å². The van der Waals surface area contributed by atoms with Crippen LogP contribution in [0.15, 0.2) is 58.3 Å². The summed E-state index contributed by atoms with van der Waals surface area (Å²) in [6, 6.07) is 13.4. The van der Waals surface area contributed by atoms with Crippen LogP contribution in [0.5, 0.6) is 0 Å². The first kappa shape index (κ1) is 18.8. The molecular formula is C16H17ClN2O3S2. The van der Waals surface area contributed by atoms with Crippen LogP contribution in [0.4, 0.5) is 5.69 Å². The SMILES string of the molecule is CN(C)S(=O)(=O)c1cccc(NC(=O)CSc2ccc(Cl)cc2)c1. The quantitative estimate of drug-likeness (QED) is 0.776. The molecule has 1 amide bonds. The van der Waals surface area contributed by atoms with Gasteiger partial charge in [-0.2, -0.15) is 0 Å². The van der Waals surface area contributed by atoms with Crippen LogP contribution in [0.25, 0.3) is 0 Å². The molecule has 2 aromatic carbocycles. The van der Waals surface area contributed by atoms with E-state index in [0.29, 0.717) is 10.7 Å². The van der Waals surface area contributed by atoms with E-state index in [2.05, 4.69) is 5.32 Å². The molecule has 8 heteroatoms. The van der Waals surface area contributed by atoms with Gasteiger partial charge >= 0.3 is 0 Å². The topological polar surface area (TPSA) is 66.5 Å². The lowest BCUT2D eigenvalue weighted by atomic mass is 10.3. The standard InChI is InChI=1S/C16H17ClN2O3S2/c1-19(2)24(21,22)15-5-3-4-13(10-15)18-16(20)11-23-14-8-6-12(17)7-9-14/h3-10H,11H2,1-2H3,(H,18,20). The number of nitrogens with zero attached hydrogens (tertiary/aromatic N) is 1. The number of anilines is 1. The number of amides is 1. The Kier molecular flexibility index (Phi) is 6.28. The smallest absolute Gasteiger partial charge is 0.242 e. The predicted octanol–water partition coefficient (Wildman–Crippen LogP) is 3.32. The Morgan fingerprint density at radius 2 is 1.83 bits per heavy atom. The number of benzene rings is 2. The average Bonchev–Trinajstić information content (AvgIpc) is 2.54. The Bertz CT molecular complexity index is 821. The van der Waals surface area contributed by atoms with Crippen LogP contribution in [-0.4, -0.2) is 38.5 Å². The van der Waals surface area contributed by atoms with Crippen LogP contribution in [0.1, 0.15) is 0 Å². The number of carbonyl (C=O) groups excluding carboxylic acids is 1. The molecule has 0 aliphatic heterocycles. The maximum atomic E-state index is 12.1. The summed E-state index contributed by atoms with van der Waals surface area (Å²) in [4.78, 5) is 13.1. The third-order valence-electron chi connectivity index (χ3n) is 3.08. The van der Waals surface area contributed by atoms with Gasteiger partial charge in [-0.15, -0.1) is 11.8 Å². The highest BCUT2D eigenvalue weighted by Crippen LogP contribution is 2.21. The van der Waals surface area contributed by atoms with Gasteiger partial charge in [0.25, 0.3) is 0 Å². The summed E-state index contributed by atoms with van der Waals surface area (Å²) in [6.45, 7) is 0. The van der Waals surface area contributed by atoms with E-state index in [0.717, 1.165) is 9.20 Å². The first-order chi connectivity index (χ1) is 11.3. The molecule has 0 bridgehead atoms. The third kappa shape index (κ3) is 4.98. The van der Waals surface area contributed by atoms with E-state index in [1.54, 1.807) is 24.3 Å². The number of rotatable bonds is 6. The first-order valence-corrected chi connectivity index (χ1v) is 9.80. The molecule has 0 unspecified atom stereocenters. The highest BCUT2D eigenvalue weighted by molar-refractivity contribution is 8.00. The molecule has 128 valence electrons. The van der Waals surface area contributed by atoms with Crippen molar-refractivity contribution in [3.63, 3.8) is 0 Å². The van der Waals surface area contributed by atoms with Gasteiger partial charge in [-0.1, -0.05) is 17.7 Å². The second-order valence-corrected chi connectivity index (χ2v) is 8.74. The van der Waals surface area contributed by atoms with Crippen LogP contribution in [-0.2, 0) is 14.8 Å². The van der Waals surface area contributed by atoms with E-state index < -0.39 is 10.0 Å². The van der Waals surface area contributed by atoms with Crippen molar-refractivity contribution in [1.82, 2.24) is 4.31 Å². The molecule has 0 atom stereocenters. The van der Waals surface area contributed by atoms with Crippen molar-refractivity contribution in [2.75, 3.05) is 25.2 Å². The molecule has 5 nitrogen and oxygen atoms in total. The lowest BCUT2D eigenvalue weighted by Crippen LogP contribution is -2.22. The lowest BCUT2D eigenvalue weighted by molar-refractivity contribution is -0.113. The van der Waals surface area contributed by atoms with E-state index >= 15 is 0 Å². The number of sulfonamides is 1. The maximum Gasteiger partial charge on any atom is 0.242 e. The van der Waals surface area contributed by atoms with Crippen molar-refractivity contribution < 1.29 is 13.2 Å². The van der Waals surface area contributed by atoms with Crippen molar-refractivity contribution >= 4 is 45.0 Å². The van der Waals surface area contributed by atoms with E-state index in [1.165, 1.54) is 38.0 Å². The summed E-state index contributed by atoms with van der Waals surface area (Å²) in [7, 11) is -0.607. The normalized spacial score (nSPS) is 11.5. The van der Waals surface area contributed by atoms with Crippen molar-refractivity contribution in [3.05, 3.63) is 53.6 Å². The highest BCUT2D eigenvalue weighted by atomic mass is 35.5. The summed E-state index contributed by atoms with van der Waals surface area (Å²) in [5.74, 6) is 0.00101. The molecule has 0 saturated carbocycles. The monoisotopic (exact) mass is 384 g/mol. The molecule has 0 heterocycles. The molecule has 1 N–H and O–H groups in total. The number of hydrogen-bond donors (Lipinski definition) is 1. The number of carbonyl (C=O) groups is 1. The van der Waals surface area contributed by atoms with Crippen LogP contribution < -0.4 is 5.32 Å². The fraction of sp³-hybridized carbons (Fsp3) is 0.188. The molecule has 2 aromatic rings. The number of nitrogens with one attached hydrogen (secondary N) is 1. The Labute approximate surface area is 151 Å². The van der Waals surface area contributed by atoms with Crippen LogP contribution >= 0.6 is 23.4 Å². The fourth-order valence-corrected chi connectivity index (χ4v) is 3.59. The zero-order chi connectivity index (χ0) is 17.7. The van der Waals surface area contributed by atoms with E-state index in [9.17, 15) is 13.2 Å². The molecule has 0 aliphatic carbocycles. The maximum absolute atomic E-state index is 12.1. The van der Waals surface area contributed by atoms with Crippen molar-refractivity contribution in [2.24, 2.45) is 0 Å². The predicted molar refractivity (Wildman–Crippen MR) is 98.1 cm³/mol. The van der Waals surface area contributed by atoms with E-state index in [-0.39, 0.29) is 16.6 Å².